The molecule has 0 aromatic heterocycles. The molecule has 0 aliphatic rings. The van der Waals surface area contributed by atoms with Crippen molar-refractivity contribution in [2.45, 2.75) is 0 Å². The van der Waals surface area contributed by atoms with E-state index in [1.165, 1.54) is 0 Å². The van der Waals surface area contributed by atoms with Crippen molar-refractivity contribution in [3.8, 4) is 0 Å². The summed E-state index contributed by atoms with van der Waals surface area (Å²) in [7, 11) is 0. The van der Waals surface area contributed by atoms with E-state index in [9.17, 15) is 0 Å². The maximum atomic E-state index is 0. The molecule has 0 spiro atoms. The first kappa shape index (κ1) is 183. The van der Waals surface area contributed by atoms with Gasteiger partial charge in [-0.2, -0.15) is 0 Å². The Bertz CT molecular complexity index is 7.51. The monoisotopic (exact) mass is 266 g/mol. The van der Waals surface area contributed by atoms with Gasteiger partial charge in [0.05, 0.1) is 0 Å². The predicted molar refractivity (Wildman–Crippen MR) is 24.8 cm³/mol. The molecule has 0 aromatic rings. The molecular weight excluding hydrogens is 256 g/mol. The molecule has 8 N–H and O–H groups in total. The second-order valence-electron chi connectivity index (χ2n) is 0. The van der Waals surface area contributed by atoms with E-state index in [-0.39, 0.29) is 66.2 Å². The van der Waals surface area contributed by atoms with Crippen molar-refractivity contribution in [2.75, 3.05) is 0 Å². The van der Waals surface area contributed by atoms with Crippen LogP contribution in [0.5, 0.6) is 0 Å². The van der Waals surface area contributed by atoms with Crippen LogP contribution in [0.25, 0.3) is 0 Å². The van der Waals surface area contributed by atoms with Crippen molar-refractivity contribution < 1.29 is 49.2 Å². The minimum Gasteiger partial charge on any atom is -0.412 e. The molecule has 0 aliphatic heterocycles. The Morgan fingerprint density at radius 3 is 0.500 bits per heavy atom. The Labute approximate surface area is 66.1 Å². The topological polar surface area (TPSA) is 126 Å². The van der Waals surface area contributed by atoms with Gasteiger partial charge in [0.2, 0.25) is 0 Å². The molecule has 0 bridgehead atoms. The first-order chi connectivity index (χ1) is 0. The summed E-state index contributed by atoms with van der Waals surface area (Å²) < 4.78 is 0. The Hall–Kier alpha value is 1.24. The second-order valence-corrected chi connectivity index (χ2v) is 0. The molecule has 0 heterocycles. The molecule has 6 heavy (non-hydrogen) atoms. The maximum absolute atomic E-state index is 0. The molecule has 0 aromatic carbocycles. The van der Waals surface area contributed by atoms with Gasteiger partial charge >= 0.3 is 0 Å². The summed E-state index contributed by atoms with van der Waals surface area (Å²) in [5.74, 6) is 0. The molecule has 0 rings (SSSR count). The molecule has 0 radical (unpaired) electrons. The largest absolute Gasteiger partial charge is 0.412 e. The molecule has 0 amide bonds. The van der Waals surface area contributed by atoms with Gasteiger partial charge in [0, 0.05) is 27.3 Å². The zero-order valence-electron chi connectivity index (χ0n) is 3.12. The van der Waals surface area contributed by atoms with E-state index >= 15 is 0 Å². The van der Waals surface area contributed by atoms with E-state index in [0.717, 1.165) is 0 Å². The Morgan fingerprint density at radius 1 is 0.500 bits per heavy atom. The van der Waals surface area contributed by atoms with Gasteiger partial charge in [-0.05, 0) is 0 Å². The van der Waals surface area contributed by atoms with E-state index in [1.807, 2.05) is 0 Å². The Balaban J connectivity index is 0. The van der Waals surface area contributed by atoms with Crippen LogP contribution in [0.3, 0.4) is 0 Å². The fourth-order valence-corrected chi connectivity index (χ4v) is 0. The third kappa shape index (κ3) is 61.1. The molecule has 6 heteroatoms. The summed E-state index contributed by atoms with van der Waals surface area (Å²) in [5, 5.41) is 0. The van der Waals surface area contributed by atoms with Crippen molar-refractivity contribution in [3.05, 3.63) is 0 Å². The summed E-state index contributed by atoms with van der Waals surface area (Å²) in [5.41, 5.74) is 0. The Kier molecular flexibility index (Phi) is 3390. The van der Waals surface area contributed by atoms with Crippen LogP contribution in [0.2, 0.25) is 0 Å². The molecule has 4 nitrogen and oxygen atoms in total. The smallest absolute Gasteiger partial charge is 0 e. The minimum atomic E-state index is 0. The summed E-state index contributed by atoms with van der Waals surface area (Å²) in [4.78, 5) is 0. The van der Waals surface area contributed by atoms with Gasteiger partial charge in [0.25, 0.3) is 0 Å². The van der Waals surface area contributed by atoms with Crippen molar-refractivity contribution in [3.63, 3.8) is 0 Å². The van der Waals surface area contributed by atoms with E-state index in [0.29, 0.717) is 0 Å². The van der Waals surface area contributed by atoms with Crippen LogP contribution in [0.4, 0.5) is 0 Å². The molecular formula is H9BrCdO4. The van der Waals surface area contributed by atoms with Crippen molar-refractivity contribution in [1.82, 2.24) is 0 Å². The van der Waals surface area contributed by atoms with Crippen LogP contribution >= 0.6 is 17.0 Å². The third-order valence-electron chi connectivity index (χ3n) is 0. The van der Waals surface area contributed by atoms with Gasteiger partial charge in [0.15, 0.2) is 0 Å². The zero-order valence-corrected chi connectivity index (χ0v) is 8.86. The number of rotatable bonds is 0. The molecule has 0 aliphatic carbocycles. The number of hydrogen-bond acceptors (Lipinski definition) is 0. The predicted octanol–water partition coefficient (Wildman–Crippen LogP) is -2.72. The van der Waals surface area contributed by atoms with Gasteiger partial charge in [-0.3, -0.25) is 0 Å². The SMILES string of the molecule is Br.O.O.O.O.[Cd]. The van der Waals surface area contributed by atoms with E-state index in [1.54, 1.807) is 0 Å². The maximum Gasteiger partial charge on any atom is 0 e. The average molecular weight is 265 g/mol. The van der Waals surface area contributed by atoms with Crippen LogP contribution < -0.4 is 0 Å². The van der Waals surface area contributed by atoms with E-state index in [4.69, 9.17) is 0 Å². The molecule has 42 valence electrons. The number of hydrogen-bond donors (Lipinski definition) is 0. The fraction of sp³-hybridized carbons (Fsp3) is 0. The fourth-order valence-electron chi connectivity index (χ4n) is 0. The van der Waals surface area contributed by atoms with Gasteiger partial charge < -0.3 is 21.9 Å². The summed E-state index contributed by atoms with van der Waals surface area (Å²) in [6, 6.07) is 0. The van der Waals surface area contributed by atoms with Crippen molar-refractivity contribution >= 4 is 17.0 Å². The second kappa shape index (κ2) is 111. The molecule has 0 unspecified atom stereocenters. The standard InChI is InChI=1S/BrH.Cd.4H2O/h1H;;4*1H2. The van der Waals surface area contributed by atoms with Crippen LogP contribution in [0.1, 0.15) is 0 Å². The summed E-state index contributed by atoms with van der Waals surface area (Å²) in [6.07, 6.45) is 0. The summed E-state index contributed by atoms with van der Waals surface area (Å²) in [6.45, 7) is 0. The first-order valence-electron chi connectivity index (χ1n) is 0. The van der Waals surface area contributed by atoms with Crippen LogP contribution in [-0.4, -0.2) is 21.9 Å². The van der Waals surface area contributed by atoms with Gasteiger partial charge in [-0.15, -0.1) is 17.0 Å². The van der Waals surface area contributed by atoms with Crippen LogP contribution in [0, 0.1) is 0 Å². The zero-order chi connectivity index (χ0) is 0. The van der Waals surface area contributed by atoms with Crippen LogP contribution in [-0.2, 0) is 27.3 Å². The number of halogens is 1. The quantitative estimate of drug-likeness (QED) is 0.422. The van der Waals surface area contributed by atoms with Gasteiger partial charge in [0.1, 0.15) is 0 Å². The Morgan fingerprint density at radius 2 is 0.500 bits per heavy atom. The molecule has 0 fully saturated rings. The average Bonchev–Trinajstić information content (AvgIpc) is 0. The van der Waals surface area contributed by atoms with Gasteiger partial charge in [-0.1, -0.05) is 0 Å². The van der Waals surface area contributed by atoms with Crippen molar-refractivity contribution in [1.29, 1.82) is 0 Å². The van der Waals surface area contributed by atoms with Crippen molar-refractivity contribution in [2.24, 2.45) is 0 Å². The van der Waals surface area contributed by atoms with Crippen LogP contribution in [0.15, 0.2) is 0 Å². The van der Waals surface area contributed by atoms with E-state index in [2.05, 4.69) is 0 Å². The summed E-state index contributed by atoms with van der Waals surface area (Å²) >= 11 is 0. The molecule has 0 saturated heterocycles. The minimum absolute atomic E-state index is 0. The van der Waals surface area contributed by atoms with E-state index < -0.39 is 0 Å². The van der Waals surface area contributed by atoms with Gasteiger partial charge in [-0.25, -0.2) is 0 Å². The first-order valence-corrected chi connectivity index (χ1v) is 0. The molecule has 0 atom stereocenters. The third-order valence-corrected chi connectivity index (χ3v) is 0. The molecule has 0 saturated carbocycles. The normalized spacial score (nSPS) is 0.